The molecular weight excluding hydrogens is 90.1 g/mol. The fourth-order valence-corrected chi connectivity index (χ4v) is 0.519. The van der Waals surface area contributed by atoms with Crippen molar-refractivity contribution in [3.05, 3.63) is 0 Å². The fourth-order valence-electron chi connectivity index (χ4n) is 0.269. The molecule has 0 rings (SSSR count). The predicted octanol–water partition coefficient (Wildman–Crippen LogP) is -0.491. The van der Waals surface area contributed by atoms with Crippen LogP contribution in [0.15, 0.2) is 0 Å². The maximum absolute atomic E-state index is 6.94. The van der Waals surface area contributed by atoms with Crippen LogP contribution in [0.5, 0.6) is 0 Å². The van der Waals surface area contributed by atoms with Gasteiger partial charge >= 0.3 is 0 Å². The van der Waals surface area contributed by atoms with Crippen LogP contribution < -0.4 is 5.73 Å². The lowest BCUT2D eigenvalue weighted by atomic mass is 10.3. The molecule has 38 valence electrons. The van der Waals surface area contributed by atoms with Crippen LogP contribution in [-0.4, -0.2) is 20.3 Å². The summed E-state index contributed by atoms with van der Waals surface area (Å²) in [6.07, 6.45) is 1.63. The molecule has 0 saturated carbocycles. The van der Waals surface area contributed by atoms with Gasteiger partial charge in [0, 0.05) is 13.7 Å². The van der Waals surface area contributed by atoms with Gasteiger partial charge in [-0.05, 0) is 13.0 Å². The molecule has 1 nitrogen and oxygen atoms in total. The first-order valence-electron chi connectivity index (χ1n) is 3.76. The molecule has 0 bridgehead atoms. The molecule has 0 aromatic heterocycles. The van der Waals surface area contributed by atoms with Crippen LogP contribution in [0, 0.1) is 0 Å². The molecule has 2 heteroatoms. The molecule has 0 unspecified atom stereocenters. The van der Waals surface area contributed by atoms with E-state index in [2.05, 4.69) is 0 Å². The van der Waals surface area contributed by atoms with Crippen LogP contribution >= 0.6 is 0 Å². The van der Waals surface area contributed by atoms with Gasteiger partial charge in [0.25, 0.3) is 0 Å². The van der Waals surface area contributed by atoms with Gasteiger partial charge in [-0.15, -0.1) is 0 Å². The highest BCUT2D eigenvalue weighted by molar-refractivity contribution is 6.08. The third kappa shape index (κ3) is 4.18. The zero-order valence-electron chi connectivity index (χ0n) is 6.91. The van der Waals surface area contributed by atoms with E-state index in [0.29, 0.717) is 12.6 Å². The third-order valence-corrected chi connectivity index (χ3v) is 0.984. The van der Waals surface area contributed by atoms with Gasteiger partial charge in [-0.2, -0.15) is 0 Å². The lowest BCUT2D eigenvalue weighted by molar-refractivity contribution is 0.806. The first kappa shape index (κ1) is 2.48. The molecule has 0 aliphatic carbocycles. The van der Waals surface area contributed by atoms with Gasteiger partial charge in [0.1, 0.15) is 0 Å². The van der Waals surface area contributed by atoms with Gasteiger partial charge in [-0.3, -0.25) is 0 Å². The highest BCUT2D eigenvalue weighted by Gasteiger charge is 1.75. The normalized spacial score (nSPS) is 18.5. The highest BCUT2D eigenvalue weighted by atomic mass is 28.1. The molecule has 0 saturated heterocycles. The Balaban J connectivity index is 3.07. The van der Waals surface area contributed by atoms with Crippen LogP contribution in [0.25, 0.3) is 0 Å². The van der Waals surface area contributed by atoms with Crippen molar-refractivity contribution in [1.82, 2.24) is 0 Å². The summed E-state index contributed by atoms with van der Waals surface area (Å²) in [6, 6.07) is 0.435. The molecule has 0 fully saturated rings. The summed E-state index contributed by atoms with van der Waals surface area (Å²) in [4.78, 5) is 0. The van der Waals surface area contributed by atoms with Crippen LogP contribution in [-0.2, 0) is 0 Å². The number of nitrogens with two attached hydrogens (primary N) is 1. The van der Waals surface area contributed by atoms with Crippen molar-refractivity contribution >= 4 is 10.0 Å². The first-order chi connectivity index (χ1) is 4.06. The van der Waals surface area contributed by atoms with Gasteiger partial charge in [0.2, 0.25) is 0 Å². The second-order valence-corrected chi connectivity index (χ2v) is 1.75. The van der Waals surface area contributed by atoms with Gasteiger partial charge in [-0.25, -0.2) is 0 Å². The van der Waals surface area contributed by atoms with E-state index >= 15 is 0 Å². The minimum absolute atomic E-state index is 0.435. The SMILES string of the molecule is [3H][Si]([3H])([3H])CCCCN. The monoisotopic (exact) mass is 109 g/mol. The number of unbranched alkanes of at least 4 members (excludes halogenated alkanes) is 1. The predicted molar refractivity (Wildman–Crippen MR) is 33.0 cm³/mol. The summed E-state index contributed by atoms with van der Waals surface area (Å²) in [5, 5.41) is 0. The molecule has 0 heterocycles. The molecule has 0 aromatic carbocycles. The quantitative estimate of drug-likeness (QED) is 0.382. The second-order valence-electron chi connectivity index (χ2n) is 1.25. The molecule has 0 aromatic rings. The summed E-state index contributed by atoms with van der Waals surface area (Å²) in [5.74, 6) is 0. The Hall–Kier alpha value is 0.177. The Morgan fingerprint density at radius 3 is 3.00 bits per heavy atom. The van der Waals surface area contributed by atoms with Crippen LogP contribution in [0.1, 0.15) is 12.8 Å². The van der Waals surface area contributed by atoms with E-state index in [1.54, 1.807) is 0 Å². The van der Waals surface area contributed by atoms with Gasteiger partial charge < -0.3 is 5.73 Å². The molecule has 0 aliphatic heterocycles. The smallest absolute Gasteiger partial charge is 0.00729 e. The molecule has 0 aliphatic rings. The standard InChI is InChI=1S/C4H13NSi/c5-3-1-2-4-6/h1-5H2,6H3/i6T3. The van der Waals surface area contributed by atoms with Gasteiger partial charge in [-0.1, -0.05) is 12.5 Å². The van der Waals surface area contributed by atoms with E-state index in [-0.39, 0.29) is 0 Å². The van der Waals surface area contributed by atoms with Gasteiger partial charge in [0.05, 0.1) is 0 Å². The first-order valence-corrected chi connectivity index (χ1v) is 2.97. The van der Waals surface area contributed by atoms with Crippen LogP contribution in [0.2, 0.25) is 6.04 Å². The van der Waals surface area contributed by atoms with Crippen LogP contribution in [0.4, 0.5) is 0 Å². The Bertz CT molecular complexity index is 72.7. The summed E-state index contributed by atoms with van der Waals surface area (Å²) >= 11 is 0. The summed E-state index contributed by atoms with van der Waals surface area (Å²) in [6.45, 7) is 0.616. The van der Waals surface area contributed by atoms with E-state index in [1.807, 2.05) is 0 Å². The van der Waals surface area contributed by atoms with Crippen molar-refractivity contribution in [3.8, 4) is 0 Å². The Kier molecular flexibility index (Phi) is 2.14. The lowest BCUT2D eigenvalue weighted by Gasteiger charge is -1.86. The van der Waals surface area contributed by atoms with E-state index < -0.39 is 10.0 Å². The average molecular weight is 109 g/mol. The molecule has 0 radical (unpaired) electrons. The number of rotatable bonds is 4. The minimum atomic E-state index is -3.00. The second kappa shape index (κ2) is 5.18. The summed E-state index contributed by atoms with van der Waals surface area (Å²) in [5.41, 5.74) is 5.19. The summed E-state index contributed by atoms with van der Waals surface area (Å²) < 4.78 is 20.8. The Labute approximate surface area is 46.0 Å². The van der Waals surface area contributed by atoms with Crippen molar-refractivity contribution in [2.45, 2.75) is 18.9 Å². The molecule has 2 N–H and O–H groups in total. The number of hydrogen-bond donors (Lipinski definition) is 1. The summed E-state index contributed by atoms with van der Waals surface area (Å²) in [7, 11) is -3.00. The molecular formula is C4H13NSi. The molecule has 0 atom stereocenters. The lowest BCUT2D eigenvalue weighted by Crippen LogP contribution is -1.96. The van der Waals surface area contributed by atoms with Crippen LogP contribution in [0.3, 0.4) is 0 Å². The topological polar surface area (TPSA) is 26.0 Å². The van der Waals surface area contributed by atoms with Crippen molar-refractivity contribution in [2.24, 2.45) is 5.73 Å². The molecule has 6 heavy (non-hydrogen) atoms. The van der Waals surface area contributed by atoms with Gasteiger partial charge in [0.15, 0.2) is 0 Å². The largest absolute Gasteiger partial charge is 0.330 e. The van der Waals surface area contributed by atoms with Crippen molar-refractivity contribution in [3.63, 3.8) is 0 Å². The average Bonchev–Trinajstić information content (AvgIpc) is 1.63. The van der Waals surface area contributed by atoms with E-state index in [9.17, 15) is 0 Å². The van der Waals surface area contributed by atoms with E-state index in [4.69, 9.17) is 9.44 Å². The van der Waals surface area contributed by atoms with Crippen molar-refractivity contribution in [1.29, 1.82) is 3.70 Å². The zero-order chi connectivity index (χ0) is 7.33. The maximum Gasteiger partial charge on any atom is 0.00729 e. The molecule has 0 spiro atoms. The van der Waals surface area contributed by atoms with Crippen molar-refractivity contribution < 1.29 is 0 Å². The highest BCUT2D eigenvalue weighted by Crippen LogP contribution is 1.86. The van der Waals surface area contributed by atoms with Crippen molar-refractivity contribution in [2.75, 3.05) is 6.54 Å². The minimum Gasteiger partial charge on any atom is -0.330 e. The van der Waals surface area contributed by atoms with E-state index in [0.717, 1.165) is 12.8 Å². The Morgan fingerprint density at radius 1 is 1.67 bits per heavy atom. The number of hydrogen-bond acceptors (Lipinski definition) is 1. The zero-order valence-corrected chi connectivity index (χ0v) is 4.91. The maximum atomic E-state index is 6.94. The fraction of sp³-hybridized carbons (Fsp3) is 1.00. The Morgan fingerprint density at radius 2 is 2.50 bits per heavy atom. The third-order valence-electron chi connectivity index (χ3n) is 0.631. The van der Waals surface area contributed by atoms with E-state index in [1.165, 1.54) is 0 Å². The molecule has 0 amide bonds.